The number of aromatic nitrogens is 2. The van der Waals surface area contributed by atoms with Crippen LogP contribution in [0, 0.1) is 0 Å². The van der Waals surface area contributed by atoms with Crippen molar-refractivity contribution >= 4 is 22.4 Å². The molecule has 3 rings (SSSR count). The van der Waals surface area contributed by atoms with Crippen LogP contribution in [-0.4, -0.2) is 23.1 Å². The van der Waals surface area contributed by atoms with E-state index in [0.717, 1.165) is 22.4 Å². The van der Waals surface area contributed by atoms with Gasteiger partial charge in [-0.15, -0.1) is 0 Å². The number of nitrogen functional groups attached to an aromatic ring is 1. The van der Waals surface area contributed by atoms with Crippen molar-refractivity contribution in [1.82, 2.24) is 9.97 Å². The zero-order valence-corrected chi connectivity index (χ0v) is 9.93. The molecule has 1 saturated carbocycles. The Morgan fingerprint density at radius 3 is 2.82 bits per heavy atom. The van der Waals surface area contributed by atoms with Crippen molar-refractivity contribution < 1.29 is 0 Å². The number of anilines is 2. The molecule has 2 aromatic rings. The zero-order valence-electron chi connectivity index (χ0n) is 9.93. The third-order valence-corrected chi connectivity index (χ3v) is 3.59. The molecular formula is C13H16N4. The van der Waals surface area contributed by atoms with Crippen LogP contribution in [0.5, 0.6) is 0 Å². The molecule has 88 valence electrons. The highest BCUT2D eigenvalue weighted by Gasteiger charge is 2.24. The summed E-state index contributed by atoms with van der Waals surface area (Å²) in [7, 11) is 2.11. The van der Waals surface area contributed by atoms with Crippen molar-refractivity contribution in [2.75, 3.05) is 17.7 Å². The molecule has 4 heteroatoms. The van der Waals surface area contributed by atoms with Crippen molar-refractivity contribution in [3.05, 3.63) is 24.5 Å². The van der Waals surface area contributed by atoms with Crippen LogP contribution in [0.1, 0.15) is 19.3 Å². The highest BCUT2D eigenvalue weighted by molar-refractivity contribution is 5.91. The summed E-state index contributed by atoms with van der Waals surface area (Å²) >= 11 is 0. The molecule has 1 aliphatic carbocycles. The number of benzene rings is 1. The van der Waals surface area contributed by atoms with Gasteiger partial charge in [0.15, 0.2) is 0 Å². The Hall–Kier alpha value is -1.84. The van der Waals surface area contributed by atoms with Gasteiger partial charge < -0.3 is 10.6 Å². The Morgan fingerprint density at radius 2 is 2.12 bits per heavy atom. The number of fused-ring (bicyclic) bond motifs is 1. The Kier molecular flexibility index (Phi) is 2.35. The molecule has 4 nitrogen and oxygen atoms in total. The molecule has 0 aliphatic heterocycles. The average molecular weight is 228 g/mol. The van der Waals surface area contributed by atoms with Crippen LogP contribution in [0.25, 0.3) is 10.9 Å². The molecule has 0 atom stereocenters. The first-order valence-corrected chi connectivity index (χ1v) is 5.99. The third-order valence-electron chi connectivity index (χ3n) is 3.59. The quantitative estimate of drug-likeness (QED) is 0.801. The second-order valence-corrected chi connectivity index (χ2v) is 4.67. The molecule has 0 bridgehead atoms. The van der Waals surface area contributed by atoms with Crippen molar-refractivity contribution in [3.8, 4) is 0 Å². The second-order valence-electron chi connectivity index (χ2n) is 4.67. The topological polar surface area (TPSA) is 55.0 Å². The SMILES string of the molecule is CN(c1ncnc2ccc(N)cc12)C1CCC1. The summed E-state index contributed by atoms with van der Waals surface area (Å²) in [6.07, 6.45) is 5.46. The molecule has 0 spiro atoms. The van der Waals surface area contributed by atoms with Gasteiger partial charge in [-0.25, -0.2) is 9.97 Å². The molecule has 17 heavy (non-hydrogen) atoms. The van der Waals surface area contributed by atoms with E-state index in [4.69, 9.17) is 5.73 Å². The van der Waals surface area contributed by atoms with E-state index in [0.29, 0.717) is 6.04 Å². The average Bonchev–Trinajstić information content (AvgIpc) is 2.25. The minimum Gasteiger partial charge on any atom is -0.399 e. The second kappa shape index (κ2) is 3.87. The van der Waals surface area contributed by atoms with Crippen LogP contribution < -0.4 is 10.6 Å². The zero-order chi connectivity index (χ0) is 11.8. The van der Waals surface area contributed by atoms with E-state index in [-0.39, 0.29) is 0 Å². The first-order chi connectivity index (χ1) is 8.25. The fraction of sp³-hybridized carbons (Fsp3) is 0.385. The summed E-state index contributed by atoms with van der Waals surface area (Å²) in [4.78, 5) is 10.9. The minimum absolute atomic E-state index is 0.620. The Morgan fingerprint density at radius 1 is 1.29 bits per heavy atom. The van der Waals surface area contributed by atoms with Gasteiger partial charge in [0.2, 0.25) is 0 Å². The smallest absolute Gasteiger partial charge is 0.139 e. The van der Waals surface area contributed by atoms with Crippen LogP contribution in [-0.2, 0) is 0 Å². The summed E-state index contributed by atoms with van der Waals surface area (Å²) in [6.45, 7) is 0. The van der Waals surface area contributed by atoms with Crippen molar-refractivity contribution in [2.45, 2.75) is 25.3 Å². The van der Waals surface area contributed by atoms with Crippen molar-refractivity contribution in [2.24, 2.45) is 0 Å². The number of hydrogen-bond donors (Lipinski definition) is 1. The summed E-state index contributed by atoms with van der Waals surface area (Å²) in [5, 5.41) is 1.04. The molecule has 0 saturated heterocycles. The monoisotopic (exact) mass is 228 g/mol. The lowest BCUT2D eigenvalue weighted by molar-refractivity contribution is 0.400. The molecule has 1 aliphatic rings. The Balaban J connectivity index is 2.11. The van der Waals surface area contributed by atoms with Gasteiger partial charge in [-0.1, -0.05) is 0 Å². The van der Waals surface area contributed by atoms with Gasteiger partial charge in [0, 0.05) is 24.2 Å². The van der Waals surface area contributed by atoms with E-state index >= 15 is 0 Å². The predicted octanol–water partition coefficient (Wildman–Crippen LogP) is 2.20. The molecule has 1 heterocycles. The molecular weight excluding hydrogens is 212 g/mol. The maximum atomic E-state index is 5.84. The highest BCUT2D eigenvalue weighted by Crippen LogP contribution is 2.31. The van der Waals surface area contributed by atoms with Crippen molar-refractivity contribution in [3.63, 3.8) is 0 Å². The Labute approximate surface area is 100 Å². The number of hydrogen-bond acceptors (Lipinski definition) is 4. The standard InChI is InChI=1S/C13H16N4/c1-17(10-3-2-4-10)13-11-7-9(14)5-6-12(11)15-8-16-13/h5-8,10H,2-4,14H2,1H3. The van der Waals surface area contributed by atoms with Gasteiger partial charge in [-0.2, -0.15) is 0 Å². The summed E-state index contributed by atoms with van der Waals surface area (Å²) in [5.41, 5.74) is 7.56. The minimum atomic E-state index is 0.620. The highest BCUT2D eigenvalue weighted by atomic mass is 15.2. The number of nitrogens with zero attached hydrogens (tertiary/aromatic N) is 3. The van der Waals surface area contributed by atoms with Gasteiger partial charge in [0.05, 0.1) is 5.52 Å². The molecule has 1 fully saturated rings. The van der Waals surface area contributed by atoms with E-state index in [2.05, 4.69) is 21.9 Å². The molecule has 0 unspecified atom stereocenters. The van der Waals surface area contributed by atoms with E-state index in [1.165, 1.54) is 19.3 Å². The van der Waals surface area contributed by atoms with Gasteiger partial charge >= 0.3 is 0 Å². The van der Waals surface area contributed by atoms with Crippen LogP contribution in [0.15, 0.2) is 24.5 Å². The van der Waals surface area contributed by atoms with E-state index in [9.17, 15) is 0 Å². The lowest BCUT2D eigenvalue weighted by Crippen LogP contribution is -2.37. The fourth-order valence-electron chi connectivity index (χ4n) is 2.29. The maximum absolute atomic E-state index is 5.84. The third kappa shape index (κ3) is 1.69. The van der Waals surface area contributed by atoms with E-state index in [1.807, 2.05) is 18.2 Å². The van der Waals surface area contributed by atoms with Gasteiger partial charge in [0.1, 0.15) is 12.1 Å². The van der Waals surface area contributed by atoms with Crippen LogP contribution in [0.3, 0.4) is 0 Å². The summed E-state index contributed by atoms with van der Waals surface area (Å²) in [6, 6.07) is 6.40. The van der Waals surface area contributed by atoms with Crippen LogP contribution in [0.4, 0.5) is 11.5 Å². The molecule has 0 radical (unpaired) electrons. The largest absolute Gasteiger partial charge is 0.399 e. The number of nitrogens with two attached hydrogens (primary N) is 1. The predicted molar refractivity (Wildman–Crippen MR) is 70.0 cm³/mol. The van der Waals surface area contributed by atoms with Gasteiger partial charge in [0.25, 0.3) is 0 Å². The molecule has 0 amide bonds. The lowest BCUT2D eigenvalue weighted by Gasteiger charge is -2.35. The fourth-order valence-corrected chi connectivity index (χ4v) is 2.29. The van der Waals surface area contributed by atoms with Crippen LogP contribution in [0.2, 0.25) is 0 Å². The molecule has 2 N–H and O–H groups in total. The van der Waals surface area contributed by atoms with E-state index in [1.54, 1.807) is 6.33 Å². The maximum Gasteiger partial charge on any atom is 0.139 e. The van der Waals surface area contributed by atoms with Crippen LogP contribution >= 0.6 is 0 Å². The van der Waals surface area contributed by atoms with Gasteiger partial charge in [-0.05, 0) is 37.5 Å². The number of rotatable bonds is 2. The van der Waals surface area contributed by atoms with Crippen molar-refractivity contribution in [1.29, 1.82) is 0 Å². The molecule has 1 aromatic carbocycles. The van der Waals surface area contributed by atoms with Gasteiger partial charge in [-0.3, -0.25) is 0 Å². The first-order valence-electron chi connectivity index (χ1n) is 5.99. The molecule has 1 aromatic heterocycles. The lowest BCUT2D eigenvalue weighted by atomic mass is 9.92. The summed E-state index contributed by atoms with van der Waals surface area (Å²) < 4.78 is 0. The first kappa shape index (κ1) is 10.3. The Bertz CT molecular complexity index is 548. The van der Waals surface area contributed by atoms with E-state index < -0.39 is 0 Å². The normalized spacial score (nSPS) is 15.8. The summed E-state index contributed by atoms with van der Waals surface area (Å²) in [5.74, 6) is 0.993.